The van der Waals surface area contributed by atoms with Gasteiger partial charge in [0.2, 0.25) is 0 Å². The second-order valence-corrected chi connectivity index (χ2v) is 2.90. The van der Waals surface area contributed by atoms with Crippen LogP contribution in [-0.2, 0) is 0 Å². The molecule has 0 radical (unpaired) electrons. The molecule has 0 aliphatic carbocycles. The third-order valence-corrected chi connectivity index (χ3v) is 2.04. The number of benzene rings is 1. The lowest BCUT2D eigenvalue weighted by molar-refractivity contribution is 0.159. The van der Waals surface area contributed by atoms with E-state index in [0.717, 1.165) is 5.56 Å². The molecule has 1 nitrogen and oxygen atoms in total. The summed E-state index contributed by atoms with van der Waals surface area (Å²) in [5.41, 5.74) is 0.930. The van der Waals surface area contributed by atoms with Gasteiger partial charge in [-0.25, -0.2) is 4.39 Å². The van der Waals surface area contributed by atoms with Gasteiger partial charge in [-0.1, -0.05) is 37.3 Å². The van der Waals surface area contributed by atoms with Gasteiger partial charge in [0.15, 0.2) is 0 Å². The van der Waals surface area contributed by atoms with Gasteiger partial charge in [-0.05, 0) is 5.56 Å². The number of rotatable bonds is 3. The Balaban J connectivity index is 2.71. The highest BCUT2D eigenvalue weighted by atomic mass is 19.1. The first-order chi connectivity index (χ1) is 5.75. The highest BCUT2D eigenvalue weighted by molar-refractivity contribution is 5.19. The summed E-state index contributed by atoms with van der Waals surface area (Å²) in [6.45, 7) is 1.37. The smallest absolute Gasteiger partial charge is 0.130 e. The van der Waals surface area contributed by atoms with Crippen molar-refractivity contribution in [2.24, 2.45) is 0 Å². The van der Waals surface area contributed by atoms with Crippen LogP contribution in [0, 0.1) is 0 Å². The molecule has 66 valence electrons. The van der Waals surface area contributed by atoms with Crippen LogP contribution in [0.25, 0.3) is 0 Å². The van der Waals surface area contributed by atoms with Crippen molar-refractivity contribution in [1.29, 1.82) is 0 Å². The summed E-state index contributed by atoms with van der Waals surface area (Å²) in [5.74, 6) is -0.226. The van der Waals surface area contributed by atoms with Gasteiger partial charge < -0.3 is 5.11 Å². The van der Waals surface area contributed by atoms with Gasteiger partial charge >= 0.3 is 0 Å². The average Bonchev–Trinajstić information content (AvgIpc) is 2.17. The Morgan fingerprint density at radius 3 is 2.42 bits per heavy atom. The Bertz CT molecular complexity index is 223. The van der Waals surface area contributed by atoms with Gasteiger partial charge in [0.1, 0.15) is 6.17 Å². The Hall–Kier alpha value is -0.890. The molecule has 0 amide bonds. The predicted octanol–water partition coefficient (Wildman–Crippen LogP) is 2.12. The molecular weight excluding hydrogens is 155 g/mol. The molecule has 0 aliphatic rings. The fourth-order valence-corrected chi connectivity index (χ4v) is 1.12. The zero-order chi connectivity index (χ0) is 8.97. The van der Waals surface area contributed by atoms with Crippen molar-refractivity contribution >= 4 is 0 Å². The summed E-state index contributed by atoms with van der Waals surface area (Å²) in [6, 6.07) is 9.37. The van der Waals surface area contributed by atoms with Crippen molar-refractivity contribution in [2.45, 2.75) is 19.0 Å². The van der Waals surface area contributed by atoms with Crippen molar-refractivity contribution in [3.63, 3.8) is 0 Å². The number of hydrogen-bond acceptors (Lipinski definition) is 1. The molecule has 0 bridgehead atoms. The largest absolute Gasteiger partial charge is 0.393 e. The summed E-state index contributed by atoms with van der Waals surface area (Å²) in [7, 11) is 0. The molecule has 2 unspecified atom stereocenters. The molecule has 0 aromatic heterocycles. The quantitative estimate of drug-likeness (QED) is 0.733. The van der Waals surface area contributed by atoms with E-state index in [9.17, 15) is 4.39 Å². The molecule has 0 fully saturated rings. The minimum absolute atomic E-state index is 0.226. The van der Waals surface area contributed by atoms with Crippen LogP contribution < -0.4 is 0 Å². The molecule has 1 aromatic carbocycles. The third-order valence-electron chi connectivity index (χ3n) is 2.04. The van der Waals surface area contributed by atoms with E-state index >= 15 is 0 Å². The van der Waals surface area contributed by atoms with Crippen LogP contribution in [0.15, 0.2) is 30.3 Å². The fourth-order valence-electron chi connectivity index (χ4n) is 1.12. The number of halogens is 1. The van der Waals surface area contributed by atoms with Crippen LogP contribution in [0.4, 0.5) is 4.39 Å². The van der Waals surface area contributed by atoms with E-state index in [1.807, 2.05) is 30.3 Å². The summed E-state index contributed by atoms with van der Waals surface area (Å²) in [5, 5.41) is 8.59. The number of alkyl halides is 1. The number of aliphatic hydroxyl groups is 1. The summed E-state index contributed by atoms with van der Waals surface area (Å²) >= 11 is 0. The summed E-state index contributed by atoms with van der Waals surface area (Å²) in [4.78, 5) is 0. The van der Waals surface area contributed by atoms with Crippen LogP contribution in [-0.4, -0.2) is 17.9 Å². The molecular formula is C10H13FO. The standard InChI is InChI=1S/C10H13FO/c1-8(10(11)7-12)9-5-3-2-4-6-9/h2-6,8,10,12H,7H2,1H3. The Labute approximate surface area is 71.9 Å². The number of aliphatic hydroxyl groups excluding tert-OH is 1. The summed E-state index contributed by atoms with van der Waals surface area (Å²) in [6.07, 6.45) is -1.16. The first kappa shape index (κ1) is 9.20. The minimum Gasteiger partial charge on any atom is -0.393 e. The molecule has 0 spiro atoms. The minimum atomic E-state index is -1.16. The molecule has 0 heterocycles. The first-order valence-electron chi connectivity index (χ1n) is 4.05. The van der Waals surface area contributed by atoms with Crippen LogP contribution >= 0.6 is 0 Å². The molecule has 0 aliphatic heterocycles. The molecule has 2 heteroatoms. The van der Waals surface area contributed by atoms with Gasteiger partial charge in [-0.15, -0.1) is 0 Å². The lowest BCUT2D eigenvalue weighted by atomic mass is 9.97. The first-order valence-corrected chi connectivity index (χ1v) is 4.05. The van der Waals surface area contributed by atoms with Crippen LogP contribution in [0.5, 0.6) is 0 Å². The van der Waals surface area contributed by atoms with E-state index in [-0.39, 0.29) is 5.92 Å². The van der Waals surface area contributed by atoms with Gasteiger partial charge in [-0.3, -0.25) is 0 Å². The van der Waals surface area contributed by atoms with E-state index in [4.69, 9.17) is 5.11 Å². The monoisotopic (exact) mass is 168 g/mol. The van der Waals surface area contributed by atoms with Crippen molar-refractivity contribution in [1.82, 2.24) is 0 Å². The Kier molecular flexibility index (Phi) is 3.23. The maximum absolute atomic E-state index is 13.0. The topological polar surface area (TPSA) is 20.2 Å². The maximum Gasteiger partial charge on any atom is 0.130 e. The van der Waals surface area contributed by atoms with Crippen LogP contribution in [0.1, 0.15) is 18.4 Å². The van der Waals surface area contributed by atoms with Crippen molar-refractivity contribution in [3.8, 4) is 0 Å². The van der Waals surface area contributed by atoms with E-state index in [2.05, 4.69) is 0 Å². The molecule has 0 saturated heterocycles. The van der Waals surface area contributed by atoms with Gasteiger partial charge in [0.25, 0.3) is 0 Å². The van der Waals surface area contributed by atoms with E-state index in [1.165, 1.54) is 0 Å². The molecule has 12 heavy (non-hydrogen) atoms. The Morgan fingerprint density at radius 1 is 1.33 bits per heavy atom. The summed E-state index contributed by atoms with van der Waals surface area (Å²) < 4.78 is 13.0. The normalized spacial score (nSPS) is 15.6. The third kappa shape index (κ3) is 2.05. The highest BCUT2D eigenvalue weighted by Crippen LogP contribution is 2.20. The zero-order valence-electron chi connectivity index (χ0n) is 7.07. The van der Waals surface area contributed by atoms with Gasteiger partial charge in [-0.2, -0.15) is 0 Å². The van der Waals surface area contributed by atoms with Crippen molar-refractivity contribution in [2.75, 3.05) is 6.61 Å². The second-order valence-electron chi connectivity index (χ2n) is 2.90. The molecule has 1 N–H and O–H groups in total. The SMILES string of the molecule is CC(c1ccccc1)C(F)CO. The van der Waals surface area contributed by atoms with Crippen molar-refractivity contribution < 1.29 is 9.50 Å². The maximum atomic E-state index is 13.0. The average molecular weight is 168 g/mol. The van der Waals surface area contributed by atoms with E-state index < -0.39 is 12.8 Å². The van der Waals surface area contributed by atoms with E-state index in [0.29, 0.717) is 0 Å². The molecule has 0 saturated carbocycles. The number of hydrogen-bond donors (Lipinski definition) is 1. The fraction of sp³-hybridized carbons (Fsp3) is 0.400. The lowest BCUT2D eigenvalue weighted by Crippen LogP contribution is -2.14. The second kappa shape index (κ2) is 4.21. The molecule has 1 aromatic rings. The van der Waals surface area contributed by atoms with Crippen molar-refractivity contribution in [3.05, 3.63) is 35.9 Å². The van der Waals surface area contributed by atoms with Gasteiger partial charge in [0, 0.05) is 5.92 Å². The lowest BCUT2D eigenvalue weighted by Gasteiger charge is -2.14. The van der Waals surface area contributed by atoms with Crippen LogP contribution in [0.3, 0.4) is 0 Å². The molecule has 1 rings (SSSR count). The van der Waals surface area contributed by atoms with E-state index in [1.54, 1.807) is 6.92 Å². The van der Waals surface area contributed by atoms with Gasteiger partial charge in [0.05, 0.1) is 6.61 Å². The van der Waals surface area contributed by atoms with Crippen LogP contribution in [0.2, 0.25) is 0 Å². The predicted molar refractivity (Wildman–Crippen MR) is 46.8 cm³/mol. The Morgan fingerprint density at radius 2 is 1.92 bits per heavy atom. The molecule has 2 atom stereocenters. The highest BCUT2D eigenvalue weighted by Gasteiger charge is 2.16. The zero-order valence-corrected chi connectivity index (χ0v) is 7.07.